The molecule has 5 heteroatoms. The van der Waals surface area contributed by atoms with E-state index in [1.807, 2.05) is 6.92 Å². The minimum Gasteiger partial charge on any atom is -0.382 e. The maximum atomic E-state index is 11.6. The lowest BCUT2D eigenvalue weighted by molar-refractivity contribution is 0.136. The van der Waals surface area contributed by atoms with E-state index in [1.165, 1.54) is 12.8 Å². The molecule has 1 saturated heterocycles. The first-order valence-corrected chi connectivity index (χ1v) is 9.44. The Morgan fingerprint density at radius 3 is 2.68 bits per heavy atom. The quantitative estimate of drug-likeness (QED) is 0.655. The molecule has 19 heavy (non-hydrogen) atoms. The van der Waals surface area contributed by atoms with E-state index in [0.717, 1.165) is 39.0 Å². The van der Waals surface area contributed by atoms with Crippen molar-refractivity contribution >= 4 is 9.84 Å². The van der Waals surface area contributed by atoms with Crippen LogP contribution in [0.2, 0.25) is 0 Å². The minimum atomic E-state index is -2.76. The van der Waals surface area contributed by atoms with Gasteiger partial charge in [0, 0.05) is 19.3 Å². The maximum absolute atomic E-state index is 11.6. The molecule has 1 saturated carbocycles. The van der Waals surface area contributed by atoms with Crippen molar-refractivity contribution in [3.8, 4) is 0 Å². The zero-order valence-corrected chi connectivity index (χ0v) is 12.8. The van der Waals surface area contributed by atoms with Crippen molar-refractivity contribution in [2.24, 2.45) is 11.8 Å². The van der Waals surface area contributed by atoms with Gasteiger partial charge in [-0.05, 0) is 57.4 Å². The maximum Gasteiger partial charge on any atom is 0.150 e. The standard InChI is InChI=1S/C14H27NO3S/c1-2-18-8-3-4-12(10-15-14-5-6-14)13-7-9-19(16,17)11-13/h12-15H,2-11H2,1H3. The van der Waals surface area contributed by atoms with Crippen molar-refractivity contribution in [2.45, 2.75) is 45.1 Å². The third-order valence-corrected chi connectivity index (χ3v) is 6.04. The SMILES string of the molecule is CCOCCCC(CNC1CC1)C1CCS(=O)(=O)C1. The summed E-state index contributed by atoms with van der Waals surface area (Å²) in [5.41, 5.74) is 0. The normalized spacial score (nSPS) is 27.5. The molecule has 0 radical (unpaired) electrons. The average molecular weight is 289 g/mol. The van der Waals surface area contributed by atoms with Gasteiger partial charge in [0.1, 0.15) is 0 Å². The largest absolute Gasteiger partial charge is 0.382 e. The number of hydrogen-bond donors (Lipinski definition) is 1. The lowest BCUT2D eigenvalue weighted by Crippen LogP contribution is -2.30. The summed E-state index contributed by atoms with van der Waals surface area (Å²) >= 11 is 0. The van der Waals surface area contributed by atoms with E-state index in [9.17, 15) is 8.42 Å². The Morgan fingerprint density at radius 1 is 1.32 bits per heavy atom. The first-order valence-electron chi connectivity index (χ1n) is 7.62. The third kappa shape index (κ3) is 5.40. The first-order chi connectivity index (χ1) is 9.11. The van der Waals surface area contributed by atoms with E-state index in [1.54, 1.807) is 0 Å². The van der Waals surface area contributed by atoms with Crippen molar-refractivity contribution in [1.29, 1.82) is 0 Å². The molecule has 1 aliphatic heterocycles. The second kappa shape index (κ2) is 7.04. The molecule has 112 valence electrons. The summed E-state index contributed by atoms with van der Waals surface area (Å²) in [6, 6.07) is 0.701. The molecule has 2 atom stereocenters. The second-order valence-electron chi connectivity index (χ2n) is 5.94. The van der Waals surface area contributed by atoms with Gasteiger partial charge in [-0.2, -0.15) is 0 Å². The van der Waals surface area contributed by atoms with E-state index in [2.05, 4.69) is 5.32 Å². The Labute approximate surface area is 117 Å². The van der Waals surface area contributed by atoms with Gasteiger partial charge in [-0.25, -0.2) is 8.42 Å². The van der Waals surface area contributed by atoms with Gasteiger partial charge in [-0.3, -0.25) is 0 Å². The van der Waals surface area contributed by atoms with Crippen LogP contribution in [0, 0.1) is 11.8 Å². The van der Waals surface area contributed by atoms with Gasteiger partial charge in [0.05, 0.1) is 11.5 Å². The highest BCUT2D eigenvalue weighted by Gasteiger charge is 2.34. The Kier molecular flexibility index (Phi) is 5.66. The number of nitrogens with one attached hydrogen (secondary N) is 1. The lowest BCUT2D eigenvalue weighted by Gasteiger charge is -2.23. The Hall–Kier alpha value is -0.130. The van der Waals surface area contributed by atoms with E-state index in [0.29, 0.717) is 29.4 Å². The predicted octanol–water partition coefficient (Wildman–Crippen LogP) is 1.61. The summed E-state index contributed by atoms with van der Waals surface area (Å²) in [6.45, 7) is 4.56. The van der Waals surface area contributed by atoms with Crippen molar-refractivity contribution in [3.63, 3.8) is 0 Å². The Bertz CT molecular complexity index is 365. The molecule has 0 aromatic rings. The molecule has 4 nitrogen and oxygen atoms in total. The minimum absolute atomic E-state index is 0.359. The highest BCUT2D eigenvalue weighted by atomic mass is 32.2. The summed E-state index contributed by atoms with van der Waals surface area (Å²) in [4.78, 5) is 0. The molecular weight excluding hydrogens is 262 g/mol. The van der Waals surface area contributed by atoms with Crippen molar-refractivity contribution in [2.75, 3.05) is 31.3 Å². The van der Waals surface area contributed by atoms with Crippen LogP contribution in [-0.2, 0) is 14.6 Å². The lowest BCUT2D eigenvalue weighted by atomic mass is 9.88. The third-order valence-electron chi connectivity index (χ3n) is 4.25. The monoisotopic (exact) mass is 289 g/mol. The first kappa shape index (κ1) is 15.3. The zero-order chi connectivity index (χ0) is 13.7. The summed E-state index contributed by atoms with van der Waals surface area (Å²) in [7, 11) is -2.76. The molecule has 0 spiro atoms. The van der Waals surface area contributed by atoms with Crippen LogP contribution in [0.15, 0.2) is 0 Å². The molecule has 2 aliphatic rings. The average Bonchev–Trinajstić information content (AvgIpc) is 3.12. The van der Waals surface area contributed by atoms with Crippen LogP contribution < -0.4 is 5.32 Å². The number of hydrogen-bond acceptors (Lipinski definition) is 4. The van der Waals surface area contributed by atoms with Crippen LogP contribution in [0.25, 0.3) is 0 Å². The molecule has 0 aromatic heterocycles. The van der Waals surface area contributed by atoms with Crippen LogP contribution in [0.1, 0.15) is 39.0 Å². The highest BCUT2D eigenvalue weighted by Crippen LogP contribution is 2.30. The number of ether oxygens (including phenoxy) is 1. The number of sulfone groups is 1. The molecule has 2 unspecified atom stereocenters. The summed E-state index contributed by atoms with van der Waals surface area (Å²) in [6.07, 6.45) is 5.55. The van der Waals surface area contributed by atoms with Gasteiger partial charge in [-0.15, -0.1) is 0 Å². The fourth-order valence-corrected chi connectivity index (χ4v) is 4.82. The molecule has 1 N–H and O–H groups in total. The molecule has 1 aliphatic carbocycles. The molecule has 0 aromatic carbocycles. The Morgan fingerprint density at radius 2 is 2.11 bits per heavy atom. The molecular formula is C14H27NO3S. The zero-order valence-electron chi connectivity index (χ0n) is 11.9. The van der Waals surface area contributed by atoms with Crippen LogP contribution >= 0.6 is 0 Å². The van der Waals surface area contributed by atoms with Crippen molar-refractivity contribution < 1.29 is 13.2 Å². The Balaban J connectivity index is 1.78. The smallest absolute Gasteiger partial charge is 0.150 e. The molecule has 0 amide bonds. The van der Waals surface area contributed by atoms with Gasteiger partial charge in [-0.1, -0.05) is 0 Å². The van der Waals surface area contributed by atoms with Crippen molar-refractivity contribution in [3.05, 3.63) is 0 Å². The fraction of sp³-hybridized carbons (Fsp3) is 1.00. The summed E-state index contributed by atoms with van der Waals surface area (Å²) < 4.78 is 28.6. The van der Waals surface area contributed by atoms with E-state index >= 15 is 0 Å². The van der Waals surface area contributed by atoms with Crippen LogP contribution in [0.5, 0.6) is 0 Å². The van der Waals surface area contributed by atoms with Gasteiger partial charge in [0.25, 0.3) is 0 Å². The summed E-state index contributed by atoms with van der Waals surface area (Å²) in [5, 5.41) is 3.57. The van der Waals surface area contributed by atoms with Gasteiger partial charge < -0.3 is 10.1 Å². The predicted molar refractivity (Wildman–Crippen MR) is 77.0 cm³/mol. The topological polar surface area (TPSA) is 55.4 Å². The van der Waals surface area contributed by atoms with E-state index in [4.69, 9.17) is 4.74 Å². The van der Waals surface area contributed by atoms with Crippen LogP contribution in [-0.4, -0.2) is 45.7 Å². The molecule has 2 rings (SSSR count). The fourth-order valence-electron chi connectivity index (χ4n) is 2.90. The summed E-state index contributed by atoms with van der Waals surface area (Å²) in [5.74, 6) is 1.65. The van der Waals surface area contributed by atoms with Crippen LogP contribution in [0.4, 0.5) is 0 Å². The second-order valence-corrected chi connectivity index (χ2v) is 8.17. The molecule has 0 bridgehead atoms. The van der Waals surface area contributed by atoms with E-state index < -0.39 is 9.84 Å². The van der Waals surface area contributed by atoms with Gasteiger partial charge in [0.2, 0.25) is 0 Å². The molecule has 1 heterocycles. The van der Waals surface area contributed by atoms with E-state index in [-0.39, 0.29) is 0 Å². The van der Waals surface area contributed by atoms with Crippen molar-refractivity contribution in [1.82, 2.24) is 5.32 Å². The van der Waals surface area contributed by atoms with Gasteiger partial charge >= 0.3 is 0 Å². The van der Waals surface area contributed by atoms with Gasteiger partial charge in [0.15, 0.2) is 9.84 Å². The highest BCUT2D eigenvalue weighted by molar-refractivity contribution is 7.91. The number of rotatable bonds is 9. The van der Waals surface area contributed by atoms with Crippen LogP contribution in [0.3, 0.4) is 0 Å². The molecule has 2 fully saturated rings.